The number of carbonyl (C=O) groups is 2. The van der Waals surface area contributed by atoms with Gasteiger partial charge in [-0.15, -0.1) is 0 Å². The van der Waals surface area contributed by atoms with E-state index in [0.717, 1.165) is 5.69 Å². The molecule has 7 heteroatoms. The number of amides is 1. The minimum Gasteiger partial charge on any atom is -0.480 e. The molecule has 0 radical (unpaired) electrons. The fourth-order valence-electron chi connectivity index (χ4n) is 1.85. The van der Waals surface area contributed by atoms with Gasteiger partial charge in [0.1, 0.15) is 11.6 Å². The van der Waals surface area contributed by atoms with Crippen LogP contribution in [0.1, 0.15) is 26.3 Å². The number of carbonyl (C=O) groups excluding carboxylic acids is 1. The number of carboxylic acid groups (broad SMARTS) is 1. The van der Waals surface area contributed by atoms with Gasteiger partial charge in [-0.2, -0.15) is 0 Å². The van der Waals surface area contributed by atoms with Crippen molar-refractivity contribution in [2.24, 2.45) is 0 Å². The summed E-state index contributed by atoms with van der Waals surface area (Å²) in [4.78, 5) is 25.0. The van der Waals surface area contributed by atoms with Crippen LogP contribution >= 0.6 is 11.6 Å². The number of benzene rings is 1. The summed E-state index contributed by atoms with van der Waals surface area (Å²) in [6.45, 7) is 5.12. The third-order valence-corrected chi connectivity index (χ3v) is 3.32. The maximum Gasteiger partial charge on any atom is 0.408 e. The number of anilines is 1. The first-order valence-corrected chi connectivity index (χ1v) is 7.55. The maximum absolute atomic E-state index is 11.8. The van der Waals surface area contributed by atoms with Crippen molar-refractivity contribution in [2.45, 2.75) is 38.8 Å². The number of hydrogen-bond acceptors (Lipinski definition) is 4. The number of aliphatic carboxylic acids is 1. The summed E-state index contributed by atoms with van der Waals surface area (Å²) in [5, 5.41) is 12.1. The predicted molar refractivity (Wildman–Crippen MR) is 90.3 cm³/mol. The Morgan fingerprint density at radius 3 is 2.39 bits per heavy atom. The average Bonchev–Trinajstić information content (AvgIpc) is 2.37. The van der Waals surface area contributed by atoms with Gasteiger partial charge < -0.3 is 20.1 Å². The Kier molecular flexibility index (Phi) is 6.27. The molecule has 0 saturated heterocycles. The molecule has 0 aliphatic carbocycles. The lowest BCUT2D eigenvalue weighted by atomic mass is 10.1. The summed E-state index contributed by atoms with van der Waals surface area (Å²) in [7, 11) is 3.77. The molecule has 0 spiro atoms. The van der Waals surface area contributed by atoms with Crippen molar-refractivity contribution in [3.8, 4) is 0 Å². The molecule has 1 amide bonds. The predicted octanol–water partition coefficient (Wildman–Crippen LogP) is 2.93. The molecular weight excluding hydrogens is 320 g/mol. The van der Waals surface area contributed by atoms with Gasteiger partial charge in [-0.05, 0) is 38.5 Å². The van der Waals surface area contributed by atoms with E-state index in [0.29, 0.717) is 10.6 Å². The molecule has 1 rings (SSSR count). The lowest BCUT2D eigenvalue weighted by molar-refractivity contribution is -0.139. The molecule has 1 aromatic rings. The van der Waals surface area contributed by atoms with E-state index in [1.165, 1.54) is 0 Å². The second-order valence-corrected chi connectivity index (χ2v) is 6.82. The highest BCUT2D eigenvalue weighted by atomic mass is 35.5. The third kappa shape index (κ3) is 6.36. The Morgan fingerprint density at radius 2 is 1.96 bits per heavy atom. The van der Waals surface area contributed by atoms with E-state index in [1.807, 2.05) is 25.1 Å². The first-order valence-electron chi connectivity index (χ1n) is 7.17. The average molecular weight is 343 g/mol. The molecule has 1 atom stereocenters. The molecular formula is C16H23ClN2O4. The van der Waals surface area contributed by atoms with Gasteiger partial charge in [0.15, 0.2) is 0 Å². The highest BCUT2D eigenvalue weighted by molar-refractivity contribution is 6.31. The molecule has 0 aliphatic rings. The van der Waals surface area contributed by atoms with Gasteiger partial charge in [0, 0.05) is 31.2 Å². The number of nitrogens with zero attached hydrogens (tertiary/aromatic N) is 1. The number of hydrogen-bond donors (Lipinski definition) is 2. The van der Waals surface area contributed by atoms with Crippen LogP contribution in [0.5, 0.6) is 0 Å². The summed E-state index contributed by atoms with van der Waals surface area (Å²) in [6.07, 6.45) is -0.702. The van der Waals surface area contributed by atoms with E-state index < -0.39 is 23.7 Å². The summed E-state index contributed by atoms with van der Waals surface area (Å²) >= 11 is 6.20. The van der Waals surface area contributed by atoms with E-state index >= 15 is 0 Å². The van der Waals surface area contributed by atoms with Gasteiger partial charge in [0.05, 0.1) is 0 Å². The van der Waals surface area contributed by atoms with Crippen LogP contribution in [0.15, 0.2) is 18.2 Å². The van der Waals surface area contributed by atoms with Gasteiger partial charge in [0.25, 0.3) is 0 Å². The summed E-state index contributed by atoms with van der Waals surface area (Å²) < 4.78 is 5.08. The van der Waals surface area contributed by atoms with Crippen LogP contribution in [0.2, 0.25) is 5.02 Å². The van der Waals surface area contributed by atoms with Crippen LogP contribution in [0.3, 0.4) is 0 Å². The van der Waals surface area contributed by atoms with Crippen LogP contribution < -0.4 is 10.2 Å². The summed E-state index contributed by atoms with van der Waals surface area (Å²) in [5.41, 5.74) is 0.851. The lowest BCUT2D eigenvalue weighted by Gasteiger charge is -2.22. The van der Waals surface area contributed by atoms with Gasteiger partial charge in [0.2, 0.25) is 0 Å². The second-order valence-electron chi connectivity index (χ2n) is 6.41. The van der Waals surface area contributed by atoms with E-state index in [1.54, 1.807) is 32.9 Å². The number of carboxylic acids is 1. The third-order valence-electron chi connectivity index (χ3n) is 2.97. The van der Waals surface area contributed by atoms with Gasteiger partial charge >= 0.3 is 12.1 Å². The minimum absolute atomic E-state index is 0.0706. The van der Waals surface area contributed by atoms with Crippen LogP contribution in [0, 0.1) is 0 Å². The fraction of sp³-hybridized carbons (Fsp3) is 0.500. The summed E-state index contributed by atoms with van der Waals surface area (Å²) in [6, 6.07) is 4.23. The van der Waals surface area contributed by atoms with Crippen molar-refractivity contribution in [1.29, 1.82) is 0 Å². The Morgan fingerprint density at radius 1 is 1.35 bits per heavy atom. The Hall–Kier alpha value is -1.95. The first kappa shape index (κ1) is 19.1. The monoisotopic (exact) mass is 342 g/mol. The number of rotatable bonds is 5. The molecule has 0 heterocycles. The van der Waals surface area contributed by atoms with Crippen molar-refractivity contribution in [3.05, 3.63) is 28.8 Å². The molecule has 0 saturated carbocycles. The molecule has 1 aromatic carbocycles. The maximum atomic E-state index is 11.8. The zero-order valence-corrected chi connectivity index (χ0v) is 14.8. The molecule has 0 bridgehead atoms. The normalized spacial score (nSPS) is 12.4. The number of halogens is 1. The van der Waals surface area contributed by atoms with Crippen LogP contribution in [-0.2, 0) is 16.0 Å². The van der Waals surface area contributed by atoms with Crippen molar-refractivity contribution < 1.29 is 19.4 Å². The van der Waals surface area contributed by atoms with E-state index in [4.69, 9.17) is 16.3 Å². The molecule has 23 heavy (non-hydrogen) atoms. The van der Waals surface area contributed by atoms with E-state index in [2.05, 4.69) is 5.32 Å². The highest BCUT2D eigenvalue weighted by Gasteiger charge is 2.25. The SMILES string of the molecule is CN(C)c1ccc(CC(NC(=O)OC(C)(C)C)C(=O)O)c(Cl)c1. The molecule has 2 N–H and O–H groups in total. The van der Waals surface area contributed by atoms with Crippen LogP contribution in [0.4, 0.5) is 10.5 Å². The number of ether oxygens (including phenoxy) is 1. The fourth-order valence-corrected chi connectivity index (χ4v) is 2.10. The Labute approximate surface area is 141 Å². The number of nitrogens with one attached hydrogen (secondary N) is 1. The number of alkyl carbamates (subject to hydrolysis) is 1. The van der Waals surface area contributed by atoms with E-state index in [9.17, 15) is 14.7 Å². The smallest absolute Gasteiger partial charge is 0.408 e. The summed E-state index contributed by atoms with van der Waals surface area (Å²) in [5.74, 6) is -1.15. The van der Waals surface area contributed by atoms with Crippen molar-refractivity contribution in [1.82, 2.24) is 5.32 Å². The highest BCUT2D eigenvalue weighted by Crippen LogP contribution is 2.23. The Bertz CT molecular complexity index is 582. The lowest BCUT2D eigenvalue weighted by Crippen LogP contribution is -2.44. The van der Waals surface area contributed by atoms with Crippen molar-refractivity contribution in [3.63, 3.8) is 0 Å². The van der Waals surface area contributed by atoms with Crippen LogP contribution in [0.25, 0.3) is 0 Å². The molecule has 0 fully saturated rings. The zero-order chi connectivity index (χ0) is 17.8. The van der Waals surface area contributed by atoms with Gasteiger partial charge in [-0.3, -0.25) is 0 Å². The van der Waals surface area contributed by atoms with E-state index in [-0.39, 0.29) is 6.42 Å². The molecule has 0 aromatic heterocycles. The molecule has 6 nitrogen and oxygen atoms in total. The van der Waals surface area contributed by atoms with Crippen molar-refractivity contribution >= 4 is 29.4 Å². The standard InChI is InChI=1S/C16H23ClN2O4/c1-16(2,3)23-15(22)18-13(14(20)21)8-10-6-7-11(19(4)5)9-12(10)17/h6-7,9,13H,8H2,1-5H3,(H,18,22)(H,20,21). The van der Waals surface area contributed by atoms with Gasteiger partial charge in [-0.25, -0.2) is 9.59 Å². The van der Waals surface area contributed by atoms with Gasteiger partial charge in [-0.1, -0.05) is 17.7 Å². The molecule has 0 aliphatic heterocycles. The first-order chi connectivity index (χ1) is 10.5. The molecule has 1 unspecified atom stereocenters. The second kappa shape index (κ2) is 7.55. The largest absolute Gasteiger partial charge is 0.480 e. The van der Waals surface area contributed by atoms with Crippen molar-refractivity contribution in [2.75, 3.05) is 19.0 Å². The zero-order valence-electron chi connectivity index (χ0n) is 14.0. The minimum atomic E-state index is -1.15. The van der Waals surface area contributed by atoms with Crippen LogP contribution in [-0.4, -0.2) is 42.9 Å². The molecule has 128 valence electrons. The Balaban J connectivity index is 2.85. The quantitative estimate of drug-likeness (QED) is 0.860. The topological polar surface area (TPSA) is 78.9 Å².